The van der Waals surface area contributed by atoms with E-state index in [1.54, 1.807) is 7.11 Å². The standard InChI is InChI=1S/C12H23NO3/c1-16-9-7-12(5-6-12)10-13-8-3-2-4-11(14)15/h13H,2-10H2,1H3,(H,14,15). The molecule has 94 valence electrons. The van der Waals surface area contributed by atoms with Crippen molar-refractivity contribution < 1.29 is 14.6 Å². The van der Waals surface area contributed by atoms with Crippen LogP contribution in [0, 0.1) is 5.41 Å². The fourth-order valence-electron chi connectivity index (χ4n) is 1.89. The van der Waals surface area contributed by atoms with Gasteiger partial charge in [0.15, 0.2) is 0 Å². The third-order valence-corrected chi connectivity index (χ3v) is 3.29. The molecule has 0 heterocycles. The third kappa shape index (κ3) is 5.47. The molecule has 1 saturated carbocycles. The van der Waals surface area contributed by atoms with Gasteiger partial charge in [0.25, 0.3) is 0 Å². The molecule has 1 rings (SSSR count). The molecule has 0 atom stereocenters. The normalized spacial score (nSPS) is 17.3. The number of aliphatic carboxylic acids is 1. The first kappa shape index (κ1) is 13.5. The number of nitrogens with one attached hydrogen (secondary N) is 1. The van der Waals surface area contributed by atoms with Gasteiger partial charge in [-0.05, 0) is 44.1 Å². The van der Waals surface area contributed by atoms with Gasteiger partial charge in [0, 0.05) is 26.7 Å². The van der Waals surface area contributed by atoms with E-state index in [0.29, 0.717) is 5.41 Å². The second kappa shape index (κ2) is 6.86. The highest BCUT2D eigenvalue weighted by Crippen LogP contribution is 2.48. The lowest BCUT2D eigenvalue weighted by atomic mass is 10.0. The van der Waals surface area contributed by atoms with Crippen molar-refractivity contribution in [3.05, 3.63) is 0 Å². The zero-order valence-corrected chi connectivity index (χ0v) is 10.1. The van der Waals surface area contributed by atoms with Gasteiger partial charge in [-0.2, -0.15) is 0 Å². The number of methoxy groups -OCH3 is 1. The first-order valence-electron chi connectivity index (χ1n) is 6.10. The minimum Gasteiger partial charge on any atom is -0.481 e. The van der Waals surface area contributed by atoms with Crippen molar-refractivity contribution in [2.45, 2.75) is 38.5 Å². The summed E-state index contributed by atoms with van der Waals surface area (Å²) < 4.78 is 5.10. The minimum absolute atomic E-state index is 0.288. The second-order valence-corrected chi connectivity index (χ2v) is 4.77. The maximum Gasteiger partial charge on any atom is 0.303 e. The van der Waals surface area contributed by atoms with Crippen molar-refractivity contribution >= 4 is 5.97 Å². The summed E-state index contributed by atoms with van der Waals surface area (Å²) in [5.41, 5.74) is 0.489. The third-order valence-electron chi connectivity index (χ3n) is 3.29. The number of hydrogen-bond acceptors (Lipinski definition) is 3. The van der Waals surface area contributed by atoms with E-state index in [-0.39, 0.29) is 6.42 Å². The fourth-order valence-corrected chi connectivity index (χ4v) is 1.89. The van der Waals surface area contributed by atoms with Gasteiger partial charge < -0.3 is 15.2 Å². The van der Waals surface area contributed by atoms with Crippen LogP contribution in [0.3, 0.4) is 0 Å². The van der Waals surface area contributed by atoms with E-state index in [2.05, 4.69) is 5.32 Å². The lowest BCUT2D eigenvalue weighted by molar-refractivity contribution is -0.137. The number of carbonyl (C=O) groups is 1. The monoisotopic (exact) mass is 229 g/mol. The average molecular weight is 229 g/mol. The summed E-state index contributed by atoms with van der Waals surface area (Å²) in [6.07, 6.45) is 5.76. The van der Waals surface area contributed by atoms with Crippen molar-refractivity contribution in [2.75, 3.05) is 26.8 Å². The van der Waals surface area contributed by atoms with Crippen molar-refractivity contribution in [2.24, 2.45) is 5.41 Å². The van der Waals surface area contributed by atoms with Crippen molar-refractivity contribution in [3.8, 4) is 0 Å². The predicted octanol–water partition coefficient (Wildman–Crippen LogP) is 1.65. The molecule has 1 fully saturated rings. The molecule has 1 aliphatic rings. The van der Waals surface area contributed by atoms with Crippen LogP contribution in [0.15, 0.2) is 0 Å². The summed E-state index contributed by atoms with van der Waals surface area (Å²) in [5.74, 6) is -0.696. The number of carboxylic acids is 1. The number of ether oxygens (including phenoxy) is 1. The lowest BCUT2D eigenvalue weighted by Gasteiger charge is -2.15. The molecule has 0 amide bonds. The molecular weight excluding hydrogens is 206 g/mol. The zero-order chi connectivity index (χ0) is 11.9. The van der Waals surface area contributed by atoms with Crippen LogP contribution in [-0.2, 0) is 9.53 Å². The highest BCUT2D eigenvalue weighted by atomic mass is 16.5. The maximum atomic E-state index is 10.3. The molecule has 0 spiro atoms. The van der Waals surface area contributed by atoms with Crippen LogP contribution in [0.1, 0.15) is 38.5 Å². The Morgan fingerprint density at radius 1 is 1.44 bits per heavy atom. The number of hydrogen-bond donors (Lipinski definition) is 2. The van der Waals surface area contributed by atoms with Gasteiger partial charge in [-0.3, -0.25) is 4.79 Å². The topological polar surface area (TPSA) is 58.6 Å². The Morgan fingerprint density at radius 3 is 2.75 bits per heavy atom. The van der Waals surface area contributed by atoms with Crippen LogP contribution in [0.5, 0.6) is 0 Å². The molecule has 16 heavy (non-hydrogen) atoms. The number of carboxylic acid groups (broad SMARTS) is 1. The Bertz CT molecular complexity index is 214. The quantitative estimate of drug-likeness (QED) is 0.559. The van der Waals surface area contributed by atoms with Crippen LogP contribution in [-0.4, -0.2) is 37.9 Å². The number of unbranched alkanes of at least 4 members (excludes halogenated alkanes) is 1. The Hall–Kier alpha value is -0.610. The summed E-state index contributed by atoms with van der Waals surface area (Å²) in [6.45, 7) is 2.84. The van der Waals surface area contributed by atoms with Gasteiger partial charge in [-0.15, -0.1) is 0 Å². The maximum absolute atomic E-state index is 10.3. The van der Waals surface area contributed by atoms with Gasteiger partial charge in [-0.1, -0.05) is 0 Å². The summed E-state index contributed by atoms with van der Waals surface area (Å²) in [4.78, 5) is 10.3. The lowest BCUT2D eigenvalue weighted by Crippen LogP contribution is -2.26. The highest BCUT2D eigenvalue weighted by Gasteiger charge is 2.41. The SMILES string of the molecule is COCCC1(CNCCCCC(=O)O)CC1. The molecule has 0 saturated heterocycles. The Labute approximate surface area is 97.4 Å². The molecule has 0 aliphatic heterocycles. The minimum atomic E-state index is -0.696. The van der Waals surface area contributed by atoms with Crippen LogP contribution in [0.4, 0.5) is 0 Å². The van der Waals surface area contributed by atoms with E-state index < -0.39 is 5.97 Å². The molecule has 2 N–H and O–H groups in total. The van der Waals surface area contributed by atoms with Gasteiger partial charge >= 0.3 is 5.97 Å². The van der Waals surface area contributed by atoms with E-state index in [0.717, 1.165) is 39.0 Å². The molecule has 1 aliphatic carbocycles. The molecule has 4 nitrogen and oxygen atoms in total. The molecule has 0 radical (unpaired) electrons. The van der Waals surface area contributed by atoms with Crippen LogP contribution < -0.4 is 5.32 Å². The molecule has 4 heteroatoms. The van der Waals surface area contributed by atoms with E-state index in [9.17, 15) is 4.79 Å². The molecular formula is C12H23NO3. The summed E-state index contributed by atoms with van der Waals surface area (Å²) in [7, 11) is 1.75. The van der Waals surface area contributed by atoms with Gasteiger partial charge in [0.1, 0.15) is 0 Å². The molecule has 0 aromatic carbocycles. The Balaban J connectivity index is 1.92. The van der Waals surface area contributed by atoms with E-state index in [1.165, 1.54) is 12.8 Å². The van der Waals surface area contributed by atoms with E-state index in [4.69, 9.17) is 9.84 Å². The van der Waals surface area contributed by atoms with E-state index in [1.807, 2.05) is 0 Å². The largest absolute Gasteiger partial charge is 0.481 e. The van der Waals surface area contributed by atoms with Crippen LogP contribution in [0.25, 0.3) is 0 Å². The molecule has 0 unspecified atom stereocenters. The first-order valence-corrected chi connectivity index (χ1v) is 6.10. The van der Waals surface area contributed by atoms with Gasteiger partial charge in [-0.25, -0.2) is 0 Å². The van der Waals surface area contributed by atoms with Crippen molar-refractivity contribution in [1.82, 2.24) is 5.32 Å². The molecule has 0 bridgehead atoms. The second-order valence-electron chi connectivity index (χ2n) is 4.77. The van der Waals surface area contributed by atoms with Crippen molar-refractivity contribution in [1.29, 1.82) is 0 Å². The summed E-state index contributed by atoms with van der Waals surface area (Å²) >= 11 is 0. The zero-order valence-electron chi connectivity index (χ0n) is 10.1. The number of rotatable bonds is 10. The first-order chi connectivity index (χ1) is 7.68. The fraction of sp³-hybridized carbons (Fsp3) is 0.917. The van der Waals surface area contributed by atoms with Crippen LogP contribution >= 0.6 is 0 Å². The van der Waals surface area contributed by atoms with Crippen LogP contribution in [0.2, 0.25) is 0 Å². The highest BCUT2D eigenvalue weighted by molar-refractivity contribution is 5.66. The Kier molecular flexibility index (Phi) is 5.77. The smallest absolute Gasteiger partial charge is 0.303 e. The summed E-state index contributed by atoms with van der Waals surface area (Å²) in [6, 6.07) is 0. The van der Waals surface area contributed by atoms with E-state index >= 15 is 0 Å². The summed E-state index contributed by atoms with van der Waals surface area (Å²) in [5, 5.41) is 11.9. The van der Waals surface area contributed by atoms with Gasteiger partial charge in [0.05, 0.1) is 0 Å². The van der Waals surface area contributed by atoms with Gasteiger partial charge in [0.2, 0.25) is 0 Å². The Morgan fingerprint density at radius 2 is 2.19 bits per heavy atom. The van der Waals surface area contributed by atoms with Crippen molar-refractivity contribution in [3.63, 3.8) is 0 Å². The molecule has 0 aromatic heterocycles. The average Bonchev–Trinajstić information content (AvgIpc) is 3.01. The predicted molar refractivity (Wildman–Crippen MR) is 62.5 cm³/mol. The molecule has 0 aromatic rings.